The number of nitrogens with zero attached hydrogens (tertiary/aromatic N) is 3. The molecule has 2 aromatic heterocycles. The average Bonchev–Trinajstić information content (AvgIpc) is 3.12. The van der Waals surface area contributed by atoms with Gasteiger partial charge < -0.3 is 16.0 Å². The Bertz CT molecular complexity index is 692. The maximum atomic E-state index is 11.9. The zero-order valence-corrected chi connectivity index (χ0v) is 18.1. The Morgan fingerprint density at radius 2 is 1.96 bits per heavy atom. The van der Waals surface area contributed by atoms with Crippen molar-refractivity contribution in [3.63, 3.8) is 0 Å². The lowest BCUT2D eigenvalue weighted by molar-refractivity contribution is 0.0954. The van der Waals surface area contributed by atoms with Gasteiger partial charge in [-0.1, -0.05) is 6.92 Å². The summed E-state index contributed by atoms with van der Waals surface area (Å²) in [7, 11) is 1.72. The zero-order chi connectivity index (χ0) is 17.9. The Morgan fingerprint density at radius 3 is 2.62 bits per heavy atom. The summed E-state index contributed by atoms with van der Waals surface area (Å²) in [6.07, 6.45) is 7.02. The maximum absolute atomic E-state index is 11.9. The quantitative estimate of drug-likeness (QED) is 0.229. The number of pyridine rings is 1. The van der Waals surface area contributed by atoms with Crippen LogP contribution < -0.4 is 16.0 Å². The number of halogens is 1. The highest BCUT2D eigenvalue weighted by molar-refractivity contribution is 14.0. The van der Waals surface area contributed by atoms with Crippen molar-refractivity contribution in [2.75, 3.05) is 26.7 Å². The van der Waals surface area contributed by atoms with Crippen molar-refractivity contribution in [1.82, 2.24) is 25.9 Å². The van der Waals surface area contributed by atoms with E-state index in [1.165, 1.54) is 4.88 Å². The SMILES string of the molecule is CCc1cnc(CCNC(=NC)NCCNC(=O)c2cccnc2)s1.I. The van der Waals surface area contributed by atoms with E-state index in [1.54, 1.807) is 42.9 Å². The van der Waals surface area contributed by atoms with Crippen LogP contribution in [-0.4, -0.2) is 48.5 Å². The minimum absolute atomic E-state index is 0. The van der Waals surface area contributed by atoms with Crippen LogP contribution in [0.5, 0.6) is 0 Å². The van der Waals surface area contributed by atoms with E-state index < -0.39 is 0 Å². The van der Waals surface area contributed by atoms with Crippen molar-refractivity contribution in [1.29, 1.82) is 0 Å². The Hall–Kier alpha value is -1.75. The fraction of sp³-hybridized carbons (Fsp3) is 0.412. The number of nitrogens with one attached hydrogen (secondary N) is 3. The van der Waals surface area contributed by atoms with Gasteiger partial charge in [0.15, 0.2) is 5.96 Å². The van der Waals surface area contributed by atoms with Gasteiger partial charge in [0.05, 0.1) is 10.6 Å². The van der Waals surface area contributed by atoms with Crippen LogP contribution in [0.3, 0.4) is 0 Å². The number of aliphatic imine (C=N–C) groups is 1. The van der Waals surface area contributed by atoms with Crippen molar-refractivity contribution in [3.05, 3.63) is 46.2 Å². The van der Waals surface area contributed by atoms with Gasteiger partial charge >= 0.3 is 0 Å². The lowest BCUT2D eigenvalue weighted by Crippen LogP contribution is -2.42. The Kier molecular flexibility index (Phi) is 10.8. The zero-order valence-electron chi connectivity index (χ0n) is 15.0. The van der Waals surface area contributed by atoms with Gasteiger partial charge in [-0.3, -0.25) is 14.8 Å². The molecule has 0 bridgehead atoms. The molecule has 1 amide bonds. The van der Waals surface area contributed by atoms with Gasteiger partial charge in [0, 0.05) is 56.6 Å². The lowest BCUT2D eigenvalue weighted by Gasteiger charge is -2.11. The normalized spacial score (nSPS) is 10.8. The second kappa shape index (κ2) is 12.6. The van der Waals surface area contributed by atoms with Crippen LogP contribution in [0.1, 0.15) is 27.2 Å². The molecule has 0 unspecified atom stereocenters. The van der Waals surface area contributed by atoms with Crippen molar-refractivity contribution in [2.24, 2.45) is 4.99 Å². The summed E-state index contributed by atoms with van der Waals surface area (Å²) in [6, 6.07) is 3.48. The molecule has 0 aliphatic carbocycles. The largest absolute Gasteiger partial charge is 0.356 e. The van der Waals surface area contributed by atoms with Gasteiger partial charge in [0.1, 0.15) is 0 Å². The van der Waals surface area contributed by atoms with Crippen LogP contribution in [0, 0.1) is 0 Å². The summed E-state index contributed by atoms with van der Waals surface area (Å²) in [5.74, 6) is 0.580. The number of hydrogen-bond donors (Lipinski definition) is 3. The first-order chi connectivity index (χ1) is 12.2. The van der Waals surface area contributed by atoms with Gasteiger partial charge in [-0.05, 0) is 18.6 Å². The molecule has 2 aromatic rings. The monoisotopic (exact) mass is 488 g/mol. The molecule has 0 fully saturated rings. The second-order valence-corrected chi connectivity index (χ2v) is 6.45. The minimum atomic E-state index is -0.131. The molecule has 2 heterocycles. The maximum Gasteiger partial charge on any atom is 0.252 e. The van der Waals surface area contributed by atoms with E-state index in [-0.39, 0.29) is 29.9 Å². The van der Waals surface area contributed by atoms with E-state index in [2.05, 4.69) is 37.8 Å². The second-order valence-electron chi connectivity index (χ2n) is 5.25. The number of aryl methyl sites for hydroxylation is 1. The van der Waals surface area contributed by atoms with E-state index in [0.29, 0.717) is 24.6 Å². The van der Waals surface area contributed by atoms with Crippen molar-refractivity contribution in [2.45, 2.75) is 19.8 Å². The first kappa shape index (κ1) is 22.3. The Labute approximate surface area is 175 Å². The van der Waals surface area contributed by atoms with Gasteiger partial charge in [-0.2, -0.15) is 0 Å². The fourth-order valence-electron chi connectivity index (χ4n) is 2.09. The number of guanidine groups is 1. The molecular formula is C17H25IN6OS. The smallest absolute Gasteiger partial charge is 0.252 e. The number of aromatic nitrogens is 2. The molecule has 0 atom stereocenters. The summed E-state index contributed by atoms with van der Waals surface area (Å²) < 4.78 is 0. The molecule has 0 aliphatic rings. The van der Waals surface area contributed by atoms with Crippen LogP contribution in [0.4, 0.5) is 0 Å². The molecule has 0 aromatic carbocycles. The average molecular weight is 488 g/mol. The number of amides is 1. The molecule has 7 nitrogen and oxygen atoms in total. The number of hydrogen-bond acceptors (Lipinski definition) is 5. The molecule has 26 heavy (non-hydrogen) atoms. The predicted octanol–water partition coefficient (Wildman–Crippen LogP) is 1.86. The summed E-state index contributed by atoms with van der Waals surface area (Å²) >= 11 is 1.75. The standard InChI is InChI=1S/C17H24N6OS.HI/c1-3-14-12-23-15(25-14)6-8-21-17(18-2)22-10-9-20-16(24)13-5-4-7-19-11-13;/h4-5,7,11-12H,3,6,8-10H2,1-2H3,(H,20,24)(H2,18,21,22);1H. The highest BCUT2D eigenvalue weighted by Gasteiger charge is 2.04. The minimum Gasteiger partial charge on any atom is -0.356 e. The third kappa shape index (κ3) is 7.65. The Morgan fingerprint density at radius 1 is 1.19 bits per heavy atom. The molecular weight excluding hydrogens is 463 g/mol. The molecule has 0 spiro atoms. The predicted molar refractivity (Wildman–Crippen MR) is 117 cm³/mol. The topological polar surface area (TPSA) is 91.3 Å². The molecule has 0 saturated heterocycles. The van der Waals surface area contributed by atoms with Crippen LogP contribution in [0.15, 0.2) is 35.7 Å². The van der Waals surface area contributed by atoms with E-state index in [1.807, 2.05) is 6.20 Å². The van der Waals surface area contributed by atoms with E-state index in [0.717, 1.165) is 24.4 Å². The van der Waals surface area contributed by atoms with Crippen molar-refractivity contribution in [3.8, 4) is 0 Å². The van der Waals surface area contributed by atoms with Gasteiger partial charge in [0.25, 0.3) is 5.91 Å². The molecule has 0 saturated carbocycles. The number of thiazole rings is 1. The van der Waals surface area contributed by atoms with Crippen LogP contribution >= 0.6 is 35.3 Å². The highest BCUT2D eigenvalue weighted by atomic mass is 127. The number of carbonyl (C=O) groups excluding carboxylic acids is 1. The van der Waals surface area contributed by atoms with Crippen molar-refractivity contribution >= 4 is 47.2 Å². The first-order valence-corrected chi connectivity index (χ1v) is 9.11. The van der Waals surface area contributed by atoms with Crippen LogP contribution in [0.2, 0.25) is 0 Å². The third-order valence-electron chi connectivity index (χ3n) is 3.43. The Balaban J connectivity index is 0.00000338. The summed E-state index contributed by atoms with van der Waals surface area (Å²) in [6.45, 7) is 3.98. The number of rotatable bonds is 8. The van der Waals surface area contributed by atoms with E-state index in [9.17, 15) is 4.79 Å². The third-order valence-corrected chi connectivity index (χ3v) is 4.63. The van der Waals surface area contributed by atoms with E-state index >= 15 is 0 Å². The summed E-state index contributed by atoms with van der Waals surface area (Å²) in [5.41, 5.74) is 0.555. The van der Waals surface area contributed by atoms with Gasteiger partial charge in [-0.15, -0.1) is 35.3 Å². The van der Waals surface area contributed by atoms with Crippen LogP contribution in [0.25, 0.3) is 0 Å². The molecule has 3 N–H and O–H groups in total. The van der Waals surface area contributed by atoms with Gasteiger partial charge in [-0.25, -0.2) is 4.98 Å². The summed E-state index contributed by atoms with van der Waals surface area (Å²) in [4.78, 5) is 25.7. The first-order valence-electron chi connectivity index (χ1n) is 8.29. The van der Waals surface area contributed by atoms with Crippen molar-refractivity contribution < 1.29 is 4.79 Å². The van der Waals surface area contributed by atoms with Crippen LogP contribution in [-0.2, 0) is 12.8 Å². The van der Waals surface area contributed by atoms with Gasteiger partial charge in [0.2, 0.25) is 0 Å². The molecule has 0 radical (unpaired) electrons. The fourth-order valence-corrected chi connectivity index (χ4v) is 2.95. The highest BCUT2D eigenvalue weighted by Crippen LogP contribution is 2.13. The molecule has 0 aliphatic heterocycles. The molecule has 9 heteroatoms. The lowest BCUT2D eigenvalue weighted by atomic mass is 10.3. The van der Waals surface area contributed by atoms with E-state index in [4.69, 9.17) is 0 Å². The molecule has 142 valence electrons. The summed E-state index contributed by atoms with van der Waals surface area (Å²) in [5, 5.41) is 10.4. The molecule has 2 rings (SSSR count). The number of carbonyl (C=O) groups is 1.